The molecule has 1 aromatic carbocycles. The minimum Gasteiger partial charge on any atom is -0.598 e. The van der Waals surface area contributed by atoms with Gasteiger partial charge in [0.25, 0.3) is 5.91 Å². The standard InChI is InChI=1S/C34H41N7O2S/c1-5-35-31(42)13-11-24-10-12-25-21-34(32(26(25)20-24)39-44(43)33(2,3)4)14-18-40(19-15-34)29-22-38-30(23-37-29)41-17-7-8-27-28(41)9-6-16-36-27/h6,9-10,12,16,20,22-23,32,39H,5,7-8,14-15,17-19,21H2,1-4H3,(H,35,42)/t32-,44-/m1/s1. The molecule has 0 unspecified atom stereocenters. The summed E-state index contributed by atoms with van der Waals surface area (Å²) in [5.74, 6) is 7.16. The molecule has 0 bridgehead atoms. The predicted octanol–water partition coefficient (Wildman–Crippen LogP) is 4.38. The number of nitrogens with one attached hydrogen (secondary N) is 2. The van der Waals surface area contributed by atoms with Crippen molar-refractivity contribution in [3.05, 3.63) is 71.3 Å². The quantitative estimate of drug-likeness (QED) is 0.323. The number of anilines is 3. The molecule has 1 spiro atoms. The van der Waals surface area contributed by atoms with Crippen molar-refractivity contribution in [2.75, 3.05) is 36.0 Å². The van der Waals surface area contributed by atoms with E-state index in [-0.39, 0.29) is 17.4 Å². The molecule has 1 fully saturated rings. The minimum atomic E-state index is -1.24. The monoisotopic (exact) mass is 611 g/mol. The van der Waals surface area contributed by atoms with E-state index in [4.69, 9.17) is 9.97 Å². The van der Waals surface area contributed by atoms with E-state index in [0.717, 1.165) is 85.9 Å². The Morgan fingerprint density at radius 3 is 2.61 bits per heavy atom. The smallest absolute Gasteiger partial charge is 0.296 e. The second-order valence-electron chi connectivity index (χ2n) is 12.9. The van der Waals surface area contributed by atoms with Gasteiger partial charge in [0.1, 0.15) is 10.6 Å². The Balaban J connectivity index is 1.20. The van der Waals surface area contributed by atoms with E-state index in [1.165, 1.54) is 5.56 Å². The third kappa shape index (κ3) is 6.14. The molecule has 9 nitrogen and oxygen atoms in total. The van der Waals surface area contributed by atoms with Crippen LogP contribution in [0.2, 0.25) is 0 Å². The van der Waals surface area contributed by atoms with Crippen LogP contribution in [0.25, 0.3) is 0 Å². The highest BCUT2D eigenvalue weighted by atomic mass is 32.2. The number of pyridine rings is 1. The summed E-state index contributed by atoms with van der Waals surface area (Å²) in [6, 6.07) is 10.2. The van der Waals surface area contributed by atoms with Gasteiger partial charge in [-0.2, -0.15) is 0 Å². The minimum absolute atomic E-state index is 0.0767. The molecular weight excluding hydrogens is 570 g/mol. The van der Waals surface area contributed by atoms with Crippen LogP contribution in [0.1, 0.15) is 75.4 Å². The molecule has 2 atom stereocenters. The Morgan fingerprint density at radius 1 is 1.11 bits per heavy atom. The van der Waals surface area contributed by atoms with Crippen LogP contribution in [0.3, 0.4) is 0 Å². The number of piperidine rings is 1. The molecule has 3 aliphatic rings. The number of carbonyl (C=O) groups is 1. The second-order valence-corrected chi connectivity index (χ2v) is 14.9. The number of amides is 1. The van der Waals surface area contributed by atoms with Gasteiger partial charge in [-0.15, -0.1) is 4.72 Å². The van der Waals surface area contributed by atoms with Crippen LogP contribution in [0, 0.1) is 17.3 Å². The predicted molar refractivity (Wildman–Crippen MR) is 175 cm³/mol. The van der Waals surface area contributed by atoms with Crippen LogP contribution in [-0.2, 0) is 29.0 Å². The van der Waals surface area contributed by atoms with Crippen molar-refractivity contribution in [1.82, 2.24) is 25.0 Å². The average Bonchev–Trinajstić information content (AvgIpc) is 3.31. The van der Waals surface area contributed by atoms with E-state index in [1.54, 1.807) is 0 Å². The number of aryl methyl sites for hydroxylation is 1. The highest BCUT2D eigenvalue weighted by Gasteiger charge is 2.50. The van der Waals surface area contributed by atoms with Crippen LogP contribution < -0.4 is 19.8 Å². The Hall–Kier alpha value is -3.65. The molecule has 230 valence electrons. The summed E-state index contributed by atoms with van der Waals surface area (Å²) in [5.41, 5.74) is 5.33. The normalized spacial score (nSPS) is 19.5. The summed E-state index contributed by atoms with van der Waals surface area (Å²) in [5, 5.41) is 2.72. The first kappa shape index (κ1) is 30.4. The first-order valence-electron chi connectivity index (χ1n) is 15.6. The third-order valence-corrected chi connectivity index (χ3v) is 10.5. The van der Waals surface area contributed by atoms with Crippen molar-refractivity contribution >= 4 is 34.6 Å². The van der Waals surface area contributed by atoms with Crippen molar-refractivity contribution < 1.29 is 9.35 Å². The first-order chi connectivity index (χ1) is 21.2. The largest absolute Gasteiger partial charge is 0.598 e. The van der Waals surface area contributed by atoms with E-state index in [1.807, 2.05) is 58.4 Å². The molecule has 0 radical (unpaired) electrons. The molecule has 10 heteroatoms. The maximum Gasteiger partial charge on any atom is 0.296 e. The Kier molecular flexibility index (Phi) is 8.55. The fourth-order valence-corrected chi connectivity index (χ4v) is 7.56. The maximum absolute atomic E-state index is 13.4. The highest BCUT2D eigenvalue weighted by molar-refractivity contribution is 7.90. The summed E-state index contributed by atoms with van der Waals surface area (Å²) in [6.45, 7) is 11.0. The van der Waals surface area contributed by atoms with Gasteiger partial charge in [0.05, 0.1) is 29.8 Å². The molecule has 2 N–H and O–H groups in total. The number of hydrogen-bond acceptors (Lipinski definition) is 8. The number of rotatable bonds is 5. The van der Waals surface area contributed by atoms with Crippen molar-refractivity contribution in [3.63, 3.8) is 0 Å². The molecule has 2 aromatic heterocycles. The van der Waals surface area contributed by atoms with Crippen LogP contribution in [0.15, 0.2) is 48.9 Å². The van der Waals surface area contributed by atoms with Crippen molar-refractivity contribution in [1.29, 1.82) is 0 Å². The van der Waals surface area contributed by atoms with Crippen molar-refractivity contribution in [2.45, 2.75) is 70.6 Å². The molecule has 4 heterocycles. The molecular formula is C34H41N7O2S. The molecule has 1 saturated heterocycles. The van der Waals surface area contributed by atoms with Gasteiger partial charge in [0, 0.05) is 60.6 Å². The van der Waals surface area contributed by atoms with E-state index in [2.05, 4.69) is 54.9 Å². The van der Waals surface area contributed by atoms with Gasteiger partial charge in [0.15, 0.2) is 5.82 Å². The summed E-state index contributed by atoms with van der Waals surface area (Å²) in [4.78, 5) is 30.7. The fraction of sp³-hybridized carbons (Fsp3) is 0.471. The molecule has 3 aromatic rings. The van der Waals surface area contributed by atoms with E-state index >= 15 is 0 Å². The second kappa shape index (κ2) is 12.4. The highest BCUT2D eigenvalue weighted by Crippen LogP contribution is 2.53. The van der Waals surface area contributed by atoms with Crippen LogP contribution >= 0.6 is 0 Å². The van der Waals surface area contributed by atoms with Gasteiger partial charge in [-0.05, 0) is 95.2 Å². The number of benzene rings is 1. The maximum atomic E-state index is 13.4. The lowest BCUT2D eigenvalue weighted by atomic mass is 9.73. The first-order valence-corrected chi connectivity index (χ1v) is 16.7. The van der Waals surface area contributed by atoms with Crippen LogP contribution in [-0.4, -0.2) is 56.3 Å². The topological polar surface area (TPSA) is 109 Å². The van der Waals surface area contributed by atoms with Gasteiger partial charge in [-0.3, -0.25) is 9.78 Å². The van der Waals surface area contributed by atoms with Gasteiger partial charge >= 0.3 is 0 Å². The zero-order valence-corrected chi connectivity index (χ0v) is 26.8. The number of nitrogens with zero attached hydrogens (tertiary/aromatic N) is 5. The fourth-order valence-electron chi connectivity index (χ4n) is 6.61. The average molecular weight is 612 g/mol. The Morgan fingerprint density at radius 2 is 1.89 bits per heavy atom. The summed E-state index contributed by atoms with van der Waals surface area (Å²) >= 11 is -1.24. The SMILES string of the molecule is CCNC(=O)C#Cc1ccc2c(c1)[C@@H](N[S@+]([O-])C(C)(C)C)C1(CCN(c3cnc(N4CCCc5ncccc54)cn3)CC1)C2. The lowest BCUT2D eigenvalue weighted by molar-refractivity contribution is -0.115. The van der Waals surface area contributed by atoms with Gasteiger partial charge < -0.3 is 19.7 Å². The molecule has 0 saturated carbocycles. The molecule has 2 aliphatic heterocycles. The number of aromatic nitrogens is 3. The lowest BCUT2D eigenvalue weighted by Crippen LogP contribution is -2.49. The summed E-state index contributed by atoms with van der Waals surface area (Å²) in [7, 11) is 0. The van der Waals surface area contributed by atoms with Gasteiger partial charge in [-0.1, -0.05) is 12.0 Å². The third-order valence-electron chi connectivity index (χ3n) is 8.99. The Labute approximate surface area is 263 Å². The number of hydrogen-bond donors (Lipinski definition) is 2. The molecule has 1 aliphatic carbocycles. The zero-order valence-electron chi connectivity index (χ0n) is 26.0. The number of carbonyl (C=O) groups excluding carboxylic acids is 1. The summed E-state index contributed by atoms with van der Waals surface area (Å²) in [6.07, 6.45) is 10.4. The lowest BCUT2D eigenvalue weighted by Gasteiger charge is -2.44. The van der Waals surface area contributed by atoms with Gasteiger partial charge in [0.2, 0.25) is 0 Å². The zero-order chi connectivity index (χ0) is 30.9. The van der Waals surface area contributed by atoms with E-state index < -0.39 is 16.1 Å². The van der Waals surface area contributed by atoms with Gasteiger partial charge in [-0.25, -0.2) is 9.97 Å². The van der Waals surface area contributed by atoms with Crippen LogP contribution in [0.5, 0.6) is 0 Å². The van der Waals surface area contributed by atoms with Crippen molar-refractivity contribution in [2.24, 2.45) is 5.41 Å². The van der Waals surface area contributed by atoms with Crippen molar-refractivity contribution in [3.8, 4) is 11.8 Å². The Bertz CT molecular complexity index is 1570. The van der Waals surface area contributed by atoms with Crippen LogP contribution in [0.4, 0.5) is 17.3 Å². The summed E-state index contributed by atoms with van der Waals surface area (Å²) < 4.78 is 16.6. The molecule has 6 rings (SSSR count). The van der Waals surface area contributed by atoms with E-state index in [9.17, 15) is 9.35 Å². The van der Waals surface area contributed by atoms with E-state index in [0.29, 0.717) is 6.54 Å². The molecule has 1 amide bonds. The molecule has 44 heavy (non-hydrogen) atoms. The number of fused-ring (bicyclic) bond motifs is 2.